The first-order valence-electron chi connectivity index (χ1n) is 8.75. The summed E-state index contributed by atoms with van der Waals surface area (Å²) in [6.45, 7) is 2.43. The third kappa shape index (κ3) is 2.16. The van der Waals surface area contributed by atoms with Gasteiger partial charge in [0.2, 0.25) is 6.79 Å². The highest BCUT2D eigenvalue weighted by Crippen LogP contribution is 2.49. The molecule has 4 aliphatic rings. The molecule has 0 radical (unpaired) electrons. The Labute approximate surface area is 150 Å². The fourth-order valence-electron chi connectivity index (χ4n) is 4.63. The summed E-state index contributed by atoms with van der Waals surface area (Å²) in [6, 6.07) is 3.69. The first kappa shape index (κ1) is 15.7. The van der Waals surface area contributed by atoms with E-state index >= 15 is 0 Å². The number of rotatable bonds is 1. The van der Waals surface area contributed by atoms with Crippen molar-refractivity contribution in [2.75, 3.05) is 20.4 Å². The van der Waals surface area contributed by atoms with Gasteiger partial charge in [0, 0.05) is 25.4 Å². The molecule has 136 valence electrons. The highest BCUT2D eigenvalue weighted by Gasteiger charge is 2.52. The van der Waals surface area contributed by atoms with Gasteiger partial charge >= 0.3 is 11.9 Å². The van der Waals surface area contributed by atoms with Gasteiger partial charge in [-0.2, -0.15) is 0 Å². The van der Waals surface area contributed by atoms with Crippen molar-refractivity contribution in [3.8, 4) is 11.5 Å². The molecule has 7 nitrogen and oxygen atoms in total. The van der Waals surface area contributed by atoms with E-state index in [-0.39, 0.29) is 24.7 Å². The molecule has 0 spiro atoms. The Hall–Kier alpha value is -2.54. The van der Waals surface area contributed by atoms with Crippen LogP contribution in [0.1, 0.15) is 35.2 Å². The van der Waals surface area contributed by atoms with Crippen LogP contribution in [0.5, 0.6) is 11.5 Å². The average Bonchev–Trinajstić information content (AvgIpc) is 3.20. The summed E-state index contributed by atoms with van der Waals surface area (Å²) >= 11 is 0. The molecule has 1 aromatic rings. The van der Waals surface area contributed by atoms with E-state index in [2.05, 4.69) is 11.9 Å². The summed E-state index contributed by atoms with van der Waals surface area (Å²) in [4.78, 5) is 26.5. The third-order valence-electron chi connectivity index (χ3n) is 5.67. The first-order valence-corrected chi connectivity index (χ1v) is 8.75. The first-order chi connectivity index (χ1) is 12.5. The summed E-state index contributed by atoms with van der Waals surface area (Å²) in [5.41, 5.74) is 2.59. The molecule has 1 fully saturated rings. The van der Waals surface area contributed by atoms with E-state index in [0.29, 0.717) is 17.1 Å². The van der Waals surface area contributed by atoms with Gasteiger partial charge in [-0.05, 0) is 37.2 Å². The maximum Gasteiger partial charge on any atom is 0.339 e. The molecular formula is C19H19NO6. The van der Waals surface area contributed by atoms with E-state index in [1.165, 1.54) is 12.5 Å². The highest BCUT2D eigenvalue weighted by atomic mass is 16.7. The van der Waals surface area contributed by atoms with E-state index in [9.17, 15) is 9.59 Å². The van der Waals surface area contributed by atoms with Gasteiger partial charge in [0.25, 0.3) is 0 Å². The van der Waals surface area contributed by atoms with Crippen LogP contribution in [0.4, 0.5) is 0 Å². The van der Waals surface area contributed by atoms with Crippen LogP contribution in [-0.2, 0) is 14.3 Å². The summed E-state index contributed by atoms with van der Waals surface area (Å²) in [5, 5.41) is 0. The normalized spacial score (nSPS) is 31.5. The Morgan fingerprint density at radius 1 is 1.27 bits per heavy atom. The van der Waals surface area contributed by atoms with Crippen molar-refractivity contribution in [3.05, 3.63) is 34.9 Å². The van der Waals surface area contributed by atoms with Gasteiger partial charge in [0.1, 0.15) is 0 Å². The highest BCUT2D eigenvalue weighted by molar-refractivity contribution is 5.94. The Morgan fingerprint density at radius 2 is 2.04 bits per heavy atom. The number of ether oxygens (including phenoxy) is 4. The van der Waals surface area contributed by atoms with Crippen molar-refractivity contribution in [3.63, 3.8) is 0 Å². The van der Waals surface area contributed by atoms with Crippen LogP contribution < -0.4 is 9.47 Å². The minimum atomic E-state index is -0.572. The fourth-order valence-corrected chi connectivity index (χ4v) is 4.63. The molecule has 0 bridgehead atoms. The molecule has 0 amide bonds. The van der Waals surface area contributed by atoms with Crippen LogP contribution >= 0.6 is 0 Å². The minimum Gasteiger partial charge on any atom is -0.454 e. The van der Waals surface area contributed by atoms with E-state index in [1.807, 2.05) is 12.1 Å². The van der Waals surface area contributed by atoms with Gasteiger partial charge in [-0.1, -0.05) is 5.57 Å². The molecule has 0 N–H and O–H groups in total. The number of benzene rings is 1. The third-order valence-corrected chi connectivity index (χ3v) is 5.67. The molecule has 7 heteroatoms. The monoisotopic (exact) mass is 357 g/mol. The molecule has 0 saturated carbocycles. The number of hydrogen-bond donors (Lipinski definition) is 0. The largest absolute Gasteiger partial charge is 0.454 e. The predicted octanol–water partition coefficient (Wildman–Crippen LogP) is 1.61. The summed E-state index contributed by atoms with van der Waals surface area (Å²) in [5.74, 6) is 0.270. The molecular weight excluding hydrogens is 338 g/mol. The number of likely N-dealkylation sites (N-methyl/N-ethyl adjacent to an activating group) is 1. The Morgan fingerprint density at radius 3 is 2.81 bits per heavy atom. The number of nitrogens with zero attached hydrogens (tertiary/aromatic N) is 1. The number of carbonyl (C=O) groups excluding carboxylic acids is 2. The van der Waals surface area contributed by atoms with Crippen molar-refractivity contribution in [1.82, 2.24) is 4.90 Å². The lowest BCUT2D eigenvalue weighted by Gasteiger charge is -2.44. The number of fused-ring (bicyclic) bond motifs is 6. The molecule has 0 aromatic heterocycles. The number of esters is 2. The van der Waals surface area contributed by atoms with Crippen LogP contribution in [0, 0.1) is 0 Å². The van der Waals surface area contributed by atoms with Crippen molar-refractivity contribution in [1.29, 1.82) is 0 Å². The molecule has 1 saturated heterocycles. The quantitative estimate of drug-likeness (QED) is 0.558. The van der Waals surface area contributed by atoms with Gasteiger partial charge < -0.3 is 18.9 Å². The van der Waals surface area contributed by atoms with E-state index in [4.69, 9.17) is 18.9 Å². The maximum atomic E-state index is 12.7. The summed E-state index contributed by atoms with van der Waals surface area (Å²) < 4.78 is 22.2. The van der Waals surface area contributed by atoms with Crippen molar-refractivity contribution >= 4 is 11.9 Å². The van der Waals surface area contributed by atoms with Gasteiger partial charge in [-0.3, -0.25) is 9.69 Å². The van der Waals surface area contributed by atoms with E-state index in [1.54, 1.807) is 6.07 Å². The van der Waals surface area contributed by atoms with Crippen molar-refractivity contribution in [2.45, 2.75) is 37.5 Å². The number of likely N-dealkylation sites (tertiary alicyclic amines) is 1. The fraction of sp³-hybridized carbons (Fsp3) is 0.474. The molecule has 1 aromatic carbocycles. The van der Waals surface area contributed by atoms with E-state index in [0.717, 1.165) is 18.5 Å². The number of hydrogen-bond acceptors (Lipinski definition) is 7. The van der Waals surface area contributed by atoms with Crippen LogP contribution in [0.15, 0.2) is 23.8 Å². The average molecular weight is 357 g/mol. The zero-order valence-corrected chi connectivity index (χ0v) is 14.6. The Kier molecular flexibility index (Phi) is 3.31. The standard InChI is InChI=1S/C19H19NO6/c1-9(21)25-15-5-10-3-4-20(2)17(10)16-11-6-13-14(24-8-23-13)7-12(11)19(22)26-18(15)16/h5-7,15-18H,3-4,8H2,1-2H3/t15-,16-,17+,18+/m0/s1. The summed E-state index contributed by atoms with van der Waals surface area (Å²) in [6.07, 6.45) is 1.75. The van der Waals surface area contributed by atoms with Gasteiger partial charge in [-0.25, -0.2) is 4.79 Å². The summed E-state index contributed by atoms with van der Waals surface area (Å²) in [7, 11) is 2.07. The minimum absolute atomic E-state index is 0.110. The molecule has 5 rings (SSSR count). The maximum absolute atomic E-state index is 12.7. The van der Waals surface area contributed by atoms with Gasteiger partial charge in [-0.15, -0.1) is 0 Å². The molecule has 26 heavy (non-hydrogen) atoms. The van der Waals surface area contributed by atoms with Gasteiger partial charge in [0.05, 0.1) is 5.56 Å². The van der Waals surface area contributed by atoms with Crippen LogP contribution in [-0.4, -0.2) is 55.5 Å². The second kappa shape index (κ2) is 5.48. The lowest BCUT2D eigenvalue weighted by Crippen LogP contribution is -2.51. The lowest BCUT2D eigenvalue weighted by molar-refractivity contribution is -0.151. The zero-order valence-electron chi connectivity index (χ0n) is 14.6. The lowest BCUT2D eigenvalue weighted by atomic mass is 9.73. The van der Waals surface area contributed by atoms with Crippen molar-refractivity contribution < 1.29 is 28.5 Å². The molecule has 1 aliphatic carbocycles. The molecule has 0 unspecified atom stereocenters. The van der Waals surface area contributed by atoms with Crippen LogP contribution in [0.25, 0.3) is 0 Å². The molecule has 3 aliphatic heterocycles. The molecule has 3 heterocycles. The topological polar surface area (TPSA) is 74.3 Å². The smallest absolute Gasteiger partial charge is 0.339 e. The molecule has 4 atom stereocenters. The van der Waals surface area contributed by atoms with Gasteiger partial charge in [0.15, 0.2) is 23.7 Å². The SMILES string of the molecule is CC(=O)O[C@H]1C=C2CCN(C)[C@H]2[C@@H]2c3cc4c(cc3C(=O)O[C@@H]21)OCO4. The predicted molar refractivity (Wildman–Crippen MR) is 89.2 cm³/mol. The second-order valence-electron chi connectivity index (χ2n) is 7.18. The zero-order chi connectivity index (χ0) is 18.0. The van der Waals surface area contributed by atoms with Crippen molar-refractivity contribution in [2.24, 2.45) is 0 Å². The van der Waals surface area contributed by atoms with E-state index < -0.39 is 18.2 Å². The Bertz CT molecular complexity index is 847. The number of carbonyl (C=O) groups is 2. The second-order valence-corrected chi connectivity index (χ2v) is 7.18. The van der Waals surface area contributed by atoms with Crippen LogP contribution in [0.3, 0.4) is 0 Å². The van der Waals surface area contributed by atoms with Crippen LogP contribution in [0.2, 0.25) is 0 Å². The Balaban J connectivity index is 1.66.